The van der Waals surface area contributed by atoms with Crippen LogP contribution < -0.4 is 5.32 Å². The molecule has 0 bridgehead atoms. The summed E-state index contributed by atoms with van der Waals surface area (Å²) in [4.78, 5) is 9.21. The highest BCUT2D eigenvalue weighted by Crippen LogP contribution is 2.29. The number of rotatable bonds is 3. The summed E-state index contributed by atoms with van der Waals surface area (Å²) in [5, 5.41) is 6.75. The van der Waals surface area contributed by atoms with Gasteiger partial charge in [-0.1, -0.05) is 24.3 Å². The Morgan fingerprint density at radius 1 is 1.36 bits per heavy atom. The number of thiazole rings is 1. The second kappa shape index (κ2) is 5.66. The summed E-state index contributed by atoms with van der Waals surface area (Å²) in [6.45, 7) is 4.71. The van der Waals surface area contributed by atoms with Crippen LogP contribution in [-0.2, 0) is 13.1 Å². The second-order valence-electron chi connectivity index (χ2n) is 5.65. The highest BCUT2D eigenvalue weighted by molar-refractivity contribution is 7.09. The maximum atomic E-state index is 4.64. The fourth-order valence-corrected chi connectivity index (χ4v) is 3.75. The van der Waals surface area contributed by atoms with Crippen molar-refractivity contribution in [3.8, 4) is 0 Å². The molecule has 1 aromatic carbocycles. The van der Waals surface area contributed by atoms with Crippen molar-refractivity contribution in [1.29, 1.82) is 0 Å². The third kappa shape index (κ3) is 2.46. The lowest BCUT2D eigenvalue weighted by Gasteiger charge is -2.26. The van der Waals surface area contributed by atoms with Crippen molar-refractivity contribution in [2.45, 2.75) is 25.9 Å². The Kier molecular flexibility index (Phi) is 3.52. The average molecular weight is 310 g/mol. The first-order valence-corrected chi connectivity index (χ1v) is 8.40. The van der Waals surface area contributed by atoms with Crippen molar-refractivity contribution < 1.29 is 0 Å². The first kappa shape index (κ1) is 13.7. The van der Waals surface area contributed by atoms with Crippen LogP contribution in [0, 0.1) is 6.92 Å². The van der Waals surface area contributed by atoms with E-state index in [1.165, 1.54) is 11.1 Å². The lowest BCUT2D eigenvalue weighted by Crippen LogP contribution is -2.30. The molecule has 112 valence electrons. The van der Waals surface area contributed by atoms with E-state index in [-0.39, 0.29) is 0 Å². The van der Waals surface area contributed by atoms with Crippen LogP contribution in [0.25, 0.3) is 0 Å². The number of aryl methyl sites for hydroxylation is 1. The maximum Gasteiger partial charge on any atom is 0.117 e. The first-order valence-electron chi connectivity index (χ1n) is 7.52. The van der Waals surface area contributed by atoms with Crippen LogP contribution in [0.5, 0.6) is 0 Å². The van der Waals surface area contributed by atoms with Crippen LogP contribution >= 0.6 is 11.3 Å². The Balaban J connectivity index is 1.68. The van der Waals surface area contributed by atoms with Gasteiger partial charge in [-0.15, -0.1) is 11.3 Å². The van der Waals surface area contributed by atoms with Crippen LogP contribution in [0.3, 0.4) is 0 Å². The molecule has 2 aromatic heterocycles. The van der Waals surface area contributed by atoms with Crippen molar-refractivity contribution >= 4 is 11.3 Å². The van der Waals surface area contributed by atoms with Crippen molar-refractivity contribution in [3.63, 3.8) is 0 Å². The van der Waals surface area contributed by atoms with Crippen molar-refractivity contribution in [1.82, 2.24) is 19.9 Å². The number of nitrogens with one attached hydrogen (secondary N) is 1. The van der Waals surface area contributed by atoms with E-state index in [0.29, 0.717) is 5.92 Å². The molecule has 1 N–H and O–H groups in total. The molecule has 1 atom stereocenters. The van der Waals surface area contributed by atoms with Gasteiger partial charge in [0.25, 0.3) is 0 Å². The molecule has 5 heteroatoms. The molecule has 1 aliphatic rings. The lowest BCUT2D eigenvalue weighted by atomic mass is 9.90. The van der Waals surface area contributed by atoms with Crippen molar-refractivity contribution in [2.24, 2.45) is 0 Å². The van der Waals surface area contributed by atoms with Gasteiger partial charge in [-0.2, -0.15) is 0 Å². The highest BCUT2D eigenvalue weighted by atomic mass is 32.1. The monoisotopic (exact) mass is 310 g/mol. The molecule has 1 aliphatic heterocycles. The fraction of sp³-hybridized carbons (Fsp3) is 0.294. The van der Waals surface area contributed by atoms with Crippen LogP contribution in [-0.4, -0.2) is 21.1 Å². The van der Waals surface area contributed by atoms with Crippen molar-refractivity contribution in [3.05, 3.63) is 69.7 Å². The molecule has 3 heterocycles. The third-order valence-corrected chi connectivity index (χ3v) is 4.98. The normalized spacial score (nSPS) is 17.4. The Labute approximate surface area is 133 Å². The zero-order valence-electron chi connectivity index (χ0n) is 12.5. The predicted molar refractivity (Wildman–Crippen MR) is 88.2 cm³/mol. The van der Waals surface area contributed by atoms with Gasteiger partial charge in [0.15, 0.2) is 0 Å². The topological polar surface area (TPSA) is 42.7 Å². The molecular formula is C17H18N4S. The van der Waals surface area contributed by atoms with E-state index in [0.717, 1.165) is 36.2 Å². The number of imidazole rings is 1. The Morgan fingerprint density at radius 2 is 2.27 bits per heavy atom. The van der Waals surface area contributed by atoms with E-state index in [1.807, 2.05) is 13.1 Å². The minimum atomic E-state index is 0.305. The van der Waals surface area contributed by atoms with Gasteiger partial charge in [0.1, 0.15) is 5.82 Å². The van der Waals surface area contributed by atoms with Gasteiger partial charge in [-0.05, 0) is 18.1 Å². The number of aromatic nitrogens is 3. The summed E-state index contributed by atoms with van der Waals surface area (Å²) in [7, 11) is 0. The Morgan fingerprint density at radius 3 is 3.14 bits per heavy atom. The predicted octanol–water partition coefficient (Wildman–Crippen LogP) is 2.93. The molecule has 3 aromatic rings. The molecule has 0 radical (unpaired) electrons. The minimum Gasteiger partial charge on any atom is -0.328 e. The summed E-state index contributed by atoms with van der Waals surface area (Å²) < 4.78 is 2.23. The first-order chi connectivity index (χ1) is 10.8. The van der Waals surface area contributed by atoms with Gasteiger partial charge in [0.05, 0.1) is 23.2 Å². The summed E-state index contributed by atoms with van der Waals surface area (Å²) in [5.41, 5.74) is 3.87. The molecule has 0 saturated heterocycles. The van der Waals surface area contributed by atoms with Gasteiger partial charge < -0.3 is 9.88 Å². The Bertz CT molecular complexity index is 789. The van der Waals surface area contributed by atoms with Crippen LogP contribution in [0.1, 0.15) is 33.6 Å². The number of hydrogen-bond acceptors (Lipinski definition) is 4. The van der Waals surface area contributed by atoms with Crippen LogP contribution in [0.4, 0.5) is 0 Å². The molecule has 0 fully saturated rings. The molecular weight excluding hydrogens is 292 g/mol. The lowest BCUT2D eigenvalue weighted by molar-refractivity contribution is 0.550. The van der Waals surface area contributed by atoms with E-state index in [9.17, 15) is 0 Å². The van der Waals surface area contributed by atoms with Gasteiger partial charge in [0, 0.05) is 30.9 Å². The quantitative estimate of drug-likeness (QED) is 0.809. The van der Waals surface area contributed by atoms with E-state index < -0.39 is 0 Å². The number of nitrogens with zero attached hydrogens (tertiary/aromatic N) is 3. The summed E-state index contributed by atoms with van der Waals surface area (Å²) in [6, 6.07) is 8.65. The summed E-state index contributed by atoms with van der Waals surface area (Å²) >= 11 is 1.70. The van der Waals surface area contributed by atoms with Crippen LogP contribution in [0.15, 0.2) is 42.0 Å². The largest absolute Gasteiger partial charge is 0.328 e. The Hall–Kier alpha value is -1.98. The van der Waals surface area contributed by atoms with E-state index in [1.54, 1.807) is 11.3 Å². The highest BCUT2D eigenvalue weighted by Gasteiger charge is 2.24. The molecule has 4 rings (SSSR count). The standard InChI is InChI=1S/C17H18N4S/c1-12-20-14(11-22-12)10-21-7-6-19-17(21)16-9-18-8-13-4-2-3-5-15(13)16/h2-7,11,16,18H,8-10H2,1H3. The number of hydrogen-bond donors (Lipinski definition) is 1. The van der Waals surface area contributed by atoms with Gasteiger partial charge >= 0.3 is 0 Å². The van der Waals surface area contributed by atoms with E-state index in [2.05, 4.69) is 55.7 Å². The molecule has 0 spiro atoms. The van der Waals surface area contributed by atoms with Gasteiger partial charge in [-0.25, -0.2) is 9.97 Å². The van der Waals surface area contributed by atoms with E-state index in [4.69, 9.17) is 0 Å². The maximum absolute atomic E-state index is 4.64. The van der Waals surface area contributed by atoms with Gasteiger partial charge in [0.2, 0.25) is 0 Å². The molecule has 22 heavy (non-hydrogen) atoms. The molecule has 4 nitrogen and oxygen atoms in total. The minimum absolute atomic E-state index is 0.305. The van der Waals surface area contributed by atoms with Crippen molar-refractivity contribution in [2.75, 3.05) is 6.54 Å². The SMILES string of the molecule is Cc1nc(Cn2ccnc2C2CNCc3ccccc32)cs1. The zero-order chi connectivity index (χ0) is 14.9. The average Bonchev–Trinajstić information content (AvgIpc) is 3.16. The van der Waals surface area contributed by atoms with Crippen LogP contribution in [0.2, 0.25) is 0 Å². The second-order valence-corrected chi connectivity index (χ2v) is 6.72. The fourth-order valence-electron chi connectivity index (χ4n) is 3.15. The summed E-state index contributed by atoms with van der Waals surface area (Å²) in [6.07, 6.45) is 3.95. The van der Waals surface area contributed by atoms with E-state index >= 15 is 0 Å². The molecule has 0 aliphatic carbocycles. The summed E-state index contributed by atoms with van der Waals surface area (Å²) in [5.74, 6) is 1.42. The number of fused-ring (bicyclic) bond motifs is 1. The zero-order valence-corrected chi connectivity index (χ0v) is 13.3. The number of benzene rings is 1. The molecule has 0 saturated carbocycles. The molecule has 0 amide bonds. The van der Waals surface area contributed by atoms with Gasteiger partial charge in [-0.3, -0.25) is 0 Å². The smallest absolute Gasteiger partial charge is 0.117 e. The third-order valence-electron chi connectivity index (χ3n) is 4.15. The molecule has 1 unspecified atom stereocenters.